The second-order valence-electron chi connectivity index (χ2n) is 5.79. The second kappa shape index (κ2) is 9.61. The van der Waals surface area contributed by atoms with Gasteiger partial charge in [0.2, 0.25) is 0 Å². The SMILES string of the molecule is C=CCN(c1cccc(Br)n1)c1cccc(N(CC=C)c2cccc(Br)n2)n1. The lowest BCUT2D eigenvalue weighted by molar-refractivity contribution is 0.969. The van der Waals surface area contributed by atoms with Crippen molar-refractivity contribution >= 4 is 55.1 Å². The Kier molecular flexibility index (Phi) is 6.95. The van der Waals surface area contributed by atoms with Crippen molar-refractivity contribution in [1.82, 2.24) is 15.0 Å². The molecule has 0 aliphatic heterocycles. The Morgan fingerprint density at radius 2 is 1.00 bits per heavy atom. The van der Waals surface area contributed by atoms with Gasteiger partial charge in [-0.15, -0.1) is 13.2 Å². The quantitative estimate of drug-likeness (QED) is 0.278. The Morgan fingerprint density at radius 3 is 1.36 bits per heavy atom. The molecule has 0 saturated carbocycles. The fourth-order valence-corrected chi connectivity index (χ4v) is 3.34. The second-order valence-corrected chi connectivity index (χ2v) is 7.41. The zero-order chi connectivity index (χ0) is 19.9. The summed E-state index contributed by atoms with van der Waals surface area (Å²) in [5, 5.41) is 0. The van der Waals surface area contributed by atoms with Crippen LogP contribution in [0.3, 0.4) is 0 Å². The summed E-state index contributed by atoms with van der Waals surface area (Å²) in [6.45, 7) is 8.90. The first-order valence-corrected chi connectivity index (χ1v) is 10.2. The molecule has 0 saturated heterocycles. The molecule has 0 spiro atoms. The van der Waals surface area contributed by atoms with Gasteiger partial charge in [-0.1, -0.05) is 30.4 Å². The average molecular weight is 501 g/mol. The minimum Gasteiger partial charge on any atom is -0.307 e. The first-order valence-electron chi connectivity index (χ1n) is 8.61. The van der Waals surface area contributed by atoms with Gasteiger partial charge in [0.25, 0.3) is 0 Å². The van der Waals surface area contributed by atoms with E-state index in [1.165, 1.54) is 0 Å². The van der Waals surface area contributed by atoms with Crippen LogP contribution in [0, 0.1) is 0 Å². The number of anilines is 4. The van der Waals surface area contributed by atoms with Crippen LogP contribution in [-0.2, 0) is 0 Å². The summed E-state index contributed by atoms with van der Waals surface area (Å²) < 4.78 is 1.53. The standard InChI is InChI=1S/C21H19Br2N5/c1-3-14-27(18-10-5-8-16(22)24-18)20-12-7-13-21(26-20)28(15-4-2)19-11-6-9-17(23)25-19/h3-13H,1-2,14-15H2. The number of aromatic nitrogens is 3. The molecule has 0 fully saturated rings. The van der Waals surface area contributed by atoms with E-state index in [0.29, 0.717) is 13.1 Å². The van der Waals surface area contributed by atoms with Crippen molar-refractivity contribution in [3.05, 3.63) is 89.1 Å². The van der Waals surface area contributed by atoms with E-state index in [9.17, 15) is 0 Å². The smallest absolute Gasteiger partial charge is 0.136 e. The monoisotopic (exact) mass is 499 g/mol. The van der Waals surface area contributed by atoms with Crippen LogP contribution in [0.4, 0.5) is 23.3 Å². The number of hydrogen-bond donors (Lipinski definition) is 0. The maximum atomic E-state index is 4.87. The van der Waals surface area contributed by atoms with Crippen LogP contribution in [-0.4, -0.2) is 28.0 Å². The number of halogens is 2. The first kappa shape index (κ1) is 20.2. The molecule has 0 amide bonds. The molecule has 28 heavy (non-hydrogen) atoms. The topological polar surface area (TPSA) is 45.2 Å². The highest BCUT2D eigenvalue weighted by Crippen LogP contribution is 2.28. The zero-order valence-corrected chi connectivity index (χ0v) is 18.3. The summed E-state index contributed by atoms with van der Waals surface area (Å²) in [4.78, 5) is 18.0. The minimum atomic E-state index is 0.580. The predicted octanol–water partition coefficient (Wildman–Crippen LogP) is 6.04. The van der Waals surface area contributed by atoms with E-state index in [1.54, 1.807) is 0 Å². The molecule has 5 nitrogen and oxygen atoms in total. The van der Waals surface area contributed by atoms with Crippen LogP contribution in [0.15, 0.2) is 89.1 Å². The van der Waals surface area contributed by atoms with E-state index in [0.717, 1.165) is 32.5 Å². The zero-order valence-electron chi connectivity index (χ0n) is 15.2. The van der Waals surface area contributed by atoms with Gasteiger partial charge < -0.3 is 9.80 Å². The lowest BCUT2D eigenvalue weighted by atomic mass is 10.3. The summed E-state index contributed by atoms with van der Waals surface area (Å²) in [6, 6.07) is 17.4. The molecular weight excluding hydrogens is 482 g/mol. The fourth-order valence-electron chi connectivity index (χ4n) is 2.68. The van der Waals surface area contributed by atoms with Gasteiger partial charge in [-0.05, 0) is 68.3 Å². The van der Waals surface area contributed by atoms with E-state index < -0.39 is 0 Å². The van der Waals surface area contributed by atoms with Gasteiger partial charge in [-0.3, -0.25) is 0 Å². The van der Waals surface area contributed by atoms with Crippen molar-refractivity contribution in [2.24, 2.45) is 0 Å². The molecule has 3 rings (SSSR count). The molecule has 0 aliphatic rings. The molecule has 0 N–H and O–H groups in total. The molecule has 3 aromatic heterocycles. The highest BCUT2D eigenvalue weighted by atomic mass is 79.9. The molecule has 7 heteroatoms. The Hall–Kier alpha value is -2.51. The lowest BCUT2D eigenvalue weighted by Gasteiger charge is -2.25. The van der Waals surface area contributed by atoms with E-state index >= 15 is 0 Å². The number of nitrogens with zero attached hydrogens (tertiary/aromatic N) is 5. The minimum absolute atomic E-state index is 0.580. The van der Waals surface area contributed by atoms with Crippen LogP contribution in [0.5, 0.6) is 0 Å². The summed E-state index contributed by atoms with van der Waals surface area (Å²) >= 11 is 6.87. The van der Waals surface area contributed by atoms with Crippen LogP contribution in [0.1, 0.15) is 0 Å². The van der Waals surface area contributed by atoms with Crippen LogP contribution in [0.25, 0.3) is 0 Å². The van der Waals surface area contributed by atoms with Gasteiger partial charge in [0, 0.05) is 13.1 Å². The highest BCUT2D eigenvalue weighted by molar-refractivity contribution is 9.10. The van der Waals surface area contributed by atoms with Gasteiger partial charge in [0.1, 0.15) is 32.5 Å². The Labute approximate surface area is 181 Å². The van der Waals surface area contributed by atoms with Crippen LogP contribution >= 0.6 is 31.9 Å². The molecule has 0 atom stereocenters. The number of hydrogen-bond acceptors (Lipinski definition) is 5. The van der Waals surface area contributed by atoms with Crippen LogP contribution in [0.2, 0.25) is 0 Å². The molecule has 142 valence electrons. The summed E-state index contributed by atoms with van der Waals surface area (Å²) in [7, 11) is 0. The fraction of sp³-hybridized carbons (Fsp3) is 0.0952. The number of pyridine rings is 3. The maximum absolute atomic E-state index is 4.87. The van der Waals surface area contributed by atoms with E-state index in [4.69, 9.17) is 4.98 Å². The van der Waals surface area contributed by atoms with Crippen molar-refractivity contribution in [1.29, 1.82) is 0 Å². The van der Waals surface area contributed by atoms with Crippen molar-refractivity contribution in [2.75, 3.05) is 22.9 Å². The third kappa shape index (κ3) is 4.85. The Balaban J connectivity index is 2.03. The van der Waals surface area contributed by atoms with Crippen molar-refractivity contribution < 1.29 is 0 Å². The molecule has 0 bridgehead atoms. The van der Waals surface area contributed by atoms with E-state index in [1.807, 2.05) is 76.5 Å². The molecule has 3 aromatic rings. The number of rotatable bonds is 8. The Bertz CT molecular complexity index is 902. The van der Waals surface area contributed by atoms with E-state index in [-0.39, 0.29) is 0 Å². The van der Waals surface area contributed by atoms with Crippen molar-refractivity contribution in [3.8, 4) is 0 Å². The molecule has 0 radical (unpaired) electrons. The van der Waals surface area contributed by atoms with Crippen molar-refractivity contribution in [2.45, 2.75) is 0 Å². The van der Waals surface area contributed by atoms with Crippen LogP contribution < -0.4 is 9.80 Å². The third-order valence-electron chi connectivity index (χ3n) is 3.85. The summed E-state index contributed by atoms with van der Waals surface area (Å²) in [6.07, 6.45) is 3.66. The Morgan fingerprint density at radius 1 is 0.643 bits per heavy atom. The summed E-state index contributed by atoms with van der Waals surface area (Å²) in [5.41, 5.74) is 0. The average Bonchev–Trinajstić information content (AvgIpc) is 2.70. The van der Waals surface area contributed by atoms with Gasteiger partial charge in [-0.25, -0.2) is 15.0 Å². The van der Waals surface area contributed by atoms with E-state index in [2.05, 4.69) is 55.0 Å². The third-order valence-corrected chi connectivity index (χ3v) is 4.73. The lowest BCUT2D eigenvalue weighted by Crippen LogP contribution is -2.23. The molecule has 0 unspecified atom stereocenters. The highest BCUT2D eigenvalue weighted by Gasteiger charge is 2.15. The molecule has 0 aliphatic carbocycles. The molecule has 0 aromatic carbocycles. The molecular formula is C21H19Br2N5. The van der Waals surface area contributed by atoms with Gasteiger partial charge in [0.15, 0.2) is 0 Å². The largest absolute Gasteiger partial charge is 0.307 e. The normalized spacial score (nSPS) is 10.4. The predicted molar refractivity (Wildman–Crippen MR) is 123 cm³/mol. The first-order chi connectivity index (χ1) is 13.6. The van der Waals surface area contributed by atoms with Gasteiger partial charge in [0.05, 0.1) is 0 Å². The maximum Gasteiger partial charge on any atom is 0.136 e. The van der Waals surface area contributed by atoms with Gasteiger partial charge in [-0.2, -0.15) is 0 Å². The van der Waals surface area contributed by atoms with Gasteiger partial charge >= 0.3 is 0 Å². The molecule has 3 heterocycles. The van der Waals surface area contributed by atoms with Crippen molar-refractivity contribution in [3.63, 3.8) is 0 Å². The summed E-state index contributed by atoms with van der Waals surface area (Å²) in [5.74, 6) is 3.11.